The Morgan fingerprint density at radius 3 is 1.69 bits per heavy atom. The van der Waals surface area contributed by atoms with Crippen LogP contribution in [0, 0.1) is 0 Å². The topological polar surface area (TPSA) is 74.2 Å². The quantitative estimate of drug-likeness (QED) is 0.383. The molecular weight excluding hydrogens is 372 g/mol. The van der Waals surface area contributed by atoms with Gasteiger partial charge in [-0.15, -0.1) is 0 Å². The number of para-hydroxylation sites is 2. The molecule has 0 heterocycles. The van der Waals surface area contributed by atoms with Gasteiger partial charge < -0.3 is 24.1 Å². The first kappa shape index (κ1) is 21.6. The van der Waals surface area contributed by atoms with Crippen LogP contribution in [0.15, 0.2) is 60.4 Å². The summed E-state index contributed by atoms with van der Waals surface area (Å²) in [6, 6.07) is 10.7. The molecule has 0 spiro atoms. The smallest absolute Gasteiger partial charge is 0.182 e. The van der Waals surface area contributed by atoms with Crippen LogP contribution in [0.2, 0.25) is 0 Å². The number of carbonyl (C=O) groups is 1. The number of aliphatic hydroxyl groups is 1. The van der Waals surface area contributed by atoms with Gasteiger partial charge >= 0.3 is 0 Å². The molecule has 6 heteroatoms. The van der Waals surface area contributed by atoms with Crippen molar-refractivity contribution in [3.05, 3.63) is 71.5 Å². The molecule has 0 aliphatic carbocycles. The van der Waals surface area contributed by atoms with Gasteiger partial charge in [-0.05, 0) is 36.4 Å². The highest BCUT2D eigenvalue weighted by atomic mass is 16.5. The monoisotopic (exact) mass is 396 g/mol. The number of benzene rings is 2. The minimum atomic E-state index is -0.380. The first-order valence-corrected chi connectivity index (χ1v) is 8.76. The number of aliphatic hydroxyl groups excluding tert-OH is 1. The highest BCUT2D eigenvalue weighted by Gasteiger charge is 2.08. The average molecular weight is 396 g/mol. The normalized spacial score (nSPS) is 11.7. The number of allylic oxidation sites excluding steroid dienone is 3. The minimum Gasteiger partial charge on any atom is -0.508 e. The summed E-state index contributed by atoms with van der Waals surface area (Å²) >= 11 is 0. The van der Waals surface area contributed by atoms with Gasteiger partial charge in [0.1, 0.15) is 5.76 Å². The predicted octanol–water partition coefficient (Wildman–Crippen LogP) is 4.46. The summed E-state index contributed by atoms with van der Waals surface area (Å²) < 4.78 is 21.1. The van der Waals surface area contributed by atoms with E-state index in [0.717, 1.165) is 6.08 Å². The molecule has 2 aromatic carbocycles. The maximum Gasteiger partial charge on any atom is 0.182 e. The van der Waals surface area contributed by atoms with E-state index in [0.29, 0.717) is 34.1 Å². The van der Waals surface area contributed by atoms with Crippen molar-refractivity contribution in [1.29, 1.82) is 0 Å². The second-order valence-electron chi connectivity index (χ2n) is 5.80. The van der Waals surface area contributed by atoms with Crippen LogP contribution in [0.1, 0.15) is 11.1 Å². The number of methoxy groups -OCH3 is 4. The van der Waals surface area contributed by atoms with Crippen molar-refractivity contribution in [1.82, 2.24) is 0 Å². The van der Waals surface area contributed by atoms with Crippen molar-refractivity contribution in [2.75, 3.05) is 28.4 Å². The van der Waals surface area contributed by atoms with Crippen molar-refractivity contribution in [3.8, 4) is 23.0 Å². The molecule has 0 fully saturated rings. The Labute approximate surface area is 170 Å². The molecule has 0 bridgehead atoms. The van der Waals surface area contributed by atoms with Crippen LogP contribution >= 0.6 is 0 Å². The predicted molar refractivity (Wildman–Crippen MR) is 113 cm³/mol. The third kappa shape index (κ3) is 5.65. The van der Waals surface area contributed by atoms with Gasteiger partial charge in [-0.25, -0.2) is 0 Å². The largest absolute Gasteiger partial charge is 0.508 e. The molecule has 0 aliphatic heterocycles. The summed E-state index contributed by atoms with van der Waals surface area (Å²) in [6.07, 6.45) is 7.10. The fourth-order valence-corrected chi connectivity index (χ4v) is 2.68. The Morgan fingerprint density at radius 2 is 1.24 bits per heavy atom. The second-order valence-corrected chi connectivity index (χ2v) is 5.80. The van der Waals surface area contributed by atoms with Crippen LogP contribution in [0.25, 0.3) is 12.2 Å². The lowest BCUT2D eigenvalue weighted by molar-refractivity contribution is -0.110. The average Bonchev–Trinajstić information content (AvgIpc) is 2.75. The summed E-state index contributed by atoms with van der Waals surface area (Å²) in [5.74, 6) is 1.63. The molecule has 0 saturated carbocycles. The van der Waals surface area contributed by atoms with E-state index in [-0.39, 0.29) is 11.5 Å². The van der Waals surface area contributed by atoms with Gasteiger partial charge in [-0.1, -0.05) is 24.3 Å². The number of carbonyl (C=O) groups excluding carboxylic acids is 1. The number of rotatable bonds is 9. The lowest BCUT2D eigenvalue weighted by Crippen LogP contribution is -1.94. The van der Waals surface area contributed by atoms with E-state index in [9.17, 15) is 9.90 Å². The van der Waals surface area contributed by atoms with Gasteiger partial charge in [0, 0.05) is 17.2 Å². The molecule has 2 aromatic rings. The minimum absolute atomic E-state index is 0.192. The molecule has 152 valence electrons. The Balaban J connectivity index is 2.16. The van der Waals surface area contributed by atoms with Crippen molar-refractivity contribution in [2.24, 2.45) is 0 Å². The van der Waals surface area contributed by atoms with Crippen LogP contribution in [0.5, 0.6) is 23.0 Å². The Bertz CT molecular complexity index is 940. The Hall–Kier alpha value is -3.67. The summed E-state index contributed by atoms with van der Waals surface area (Å²) in [4.78, 5) is 12.1. The maximum atomic E-state index is 12.1. The zero-order valence-corrected chi connectivity index (χ0v) is 16.8. The lowest BCUT2D eigenvalue weighted by atomic mass is 10.1. The standard InChI is InChI=1S/C23H24O6/c1-26-20-9-5-7-16(22(20)28-3)11-13-18(24)15-19(25)14-12-17-8-6-10-21(27-2)23(17)29-4/h5-15,24H,1-4H3/b13-11+,14-12+,18-15?. The van der Waals surface area contributed by atoms with Gasteiger partial charge in [0.15, 0.2) is 28.8 Å². The van der Waals surface area contributed by atoms with Crippen LogP contribution < -0.4 is 18.9 Å². The molecule has 1 N–H and O–H groups in total. The lowest BCUT2D eigenvalue weighted by Gasteiger charge is -2.09. The number of ether oxygens (including phenoxy) is 4. The van der Waals surface area contributed by atoms with E-state index < -0.39 is 0 Å². The molecule has 29 heavy (non-hydrogen) atoms. The summed E-state index contributed by atoms with van der Waals surface area (Å²) in [5, 5.41) is 10.1. The molecule has 0 radical (unpaired) electrons. The van der Waals surface area contributed by atoms with Gasteiger partial charge in [-0.3, -0.25) is 4.79 Å². The summed E-state index contributed by atoms with van der Waals surface area (Å²) in [5.41, 5.74) is 1.39. The Kier molecular flexibility index (Phi) is 7.91. The van der Waals surface area contributed by atoms with Crippen LogP contribution in [-0.4, -0.2) is 39.3 Å². The maximum absolute atomic E-state index is 12.1. The molecular formula is C23H24O6. The number of hydrogen-bond acceptors (Lipinski definition) is 6. The fraction of sp³-hybridized carbons (Fsp3) is 0.174. The van der Waals surface area contributed by atoms with Gasteiger partial charge in [0.25, 0.3) is 0 Å². The third-order valence-electron chi connectivity index (χ3n) is 4.02. The Morgan fingerprint density at radius 1 is 0.759 bits per heavy atom. The van der Waals surface area contributed by atoms with Crippen molar-refractivity contribution in [2.45, 2.75) is 0 Å². The zero-order valence-electron chi connectivity index (χ0n) is 16.8. The molecule has 2 rings (SSSR count). The summed E-state index contributed by atoms with van der Waals surface area (Å²) in [6.45, 7) is 0. The van der Waals surface area contributed by atoms with Gasteiger partial charge in [0.05, 0.1) is 28.4 Å². The van der Waals surface area contributed by atoms with Crippen LogP contribution in [0.3, 0.4) is 0 Å². The van der Waals surface area contributed by atoms with E-state index in [2.05, 4.69) is 0 Å². The molecule has 6 nitrogen and oxygen atoms in total. The molecule has 0 saturated heterocycles. The fourth-order valence-electron chi connectivity index (χ4n) is 2.68. The first-order chi connectivity index (χ1) is 14.0. The highest BCUT2D eigenvalue weighted by Crippen LogP contribution is 2.32. The van der Waals surface area contributed by atoms with Crippen LogP contribution in [0.4, 0.5) is 0 Å². The molecule has 0 aliphatic rings. The van der Waals surface area contributed by atoms with Crippen molar-refractivity contribution >= 4 is 17.9 Å². The van der Waals surface area contributed by atoms with Gasteiger partial charge in [-0.2, -0.15) is 0 Å². The van der Waals surface area contributed by atoms with E-state index in [1.165, 1.54) is 26.4 Å². The molecule has 0 unspecified atom stereocenters. The van der Waals surface area contributed by atoms with E-state index in [1.807, 2.05) is 6.07 Å². The van der Waals surface area contributed by atoms with E-state index in [1.54, 1.807) is 56.7 Å². The molecule has 0 aromatic heterocycles. The van der Waals surface area contributed by atoms with Gasteiger partial charge in [0.2, 0.25) is 0 Å². The summed E-state index contributed by atoms with van der Waals surface area (Å²) in [7, 11) is 6.15. The van der Waals surface area contributed by atoms with Crippen molar-refractivity contribution in [3.63, 3.8) is 0 Å². The molecule has 0 amide bonds. The first-order valence-electron chi connectivity index (χ1n) is 8.76. The zero-order chi connectivity index (χ0) is 21.2. The second kappa shape index (κ2) is 10.6. The third-order valence-corrected chi connectivity index (χ3v) is 4.02. The number of hydrogen-bond donors (Lipinski definition) is 1. The number of ketones is 1. The molecule has 0 atom stereocenters. The van der Waals surface area contributed by atoms with E-state index >= 15 is 0 Å². The SMILES string of the molecule is COc1cccc(/C=C/C(=O)C=C(O)/C=C/c2cccc(OC)c2OC)c1OC. The van der Waals surface area contributed by atoms with E-state index in [4.69, 9.17) is 18.9 Å². The van der Waals surface area contributed by atoms with Crippen molar-refractivity contribution < 1.29 is 28.8 Å². The highest BCUT2D eigenvalue weighted by molar-refractivity contribution is 6.02. The van der Waals surface area contributed by atoms with Crippen LogP contribution in [-0.2, 0) is 4.79 Å².